The van der Waals surface area contributed by atoms with Crippen molar-refractivity contribution in [3.05, 3.63) is 54.1 Å². The largest absolute Gasteiger partial charge is 0.465 e. The van der Waals surface area contributed by atoms with E-state index in [-0.39, 0.29) is 56.2 Å². The summed E-state index contributed by atoms with van der Waals surface area (Å²) >= 11 is 0. The Morgan fingerprint density at radius 3 is 2.57 bits per heavy atom. The van der Waals surface area contributed by atoms with Gasteiger partial charge in [0.1, 0.15) is 6.61 Å². The highest BCUT2D eigenvalue weighted by atomic mass is 32.2. The Hall–Kier alpha value is -3.47. The van der Waals surface area contributed by atoms with Gasteiger partial charge in [0, 0.05) is 38.7 Å². The highest BCUT2D eigenvalue weighted by Crippen LogP contribution is 2.38. The average molecular weight is 734 g/mol. The van der Waals surface area contributed by atoms with Crippen molar-refractivity contribution in [2.24, 2.45) is 11.3 Å². The third-order valence-corrected chi connectivity index (χ3v) is 11.6. The van der Waals surface area contributed by atoms with E-state index in [9.17, 15) is 28.2 Å². The number of nitrogens with one attached hydrogen (secondary N) is 1. The first-order chi connectivity index (χ1) is 24.4. The van der Waals surface area contributed by atoms with Crippen molar-refractivity contribution < 1.29 is 51.9 Å². The molecule has 0 bridgehead atoms. The summed E-state index contributed by atoms with van der Waals surface area (Å²) in [7, 11) is -2.76. The van der Waals surface area contributed by atoms with Gasteiger partial charge >= 0.3 is 6.09 Å². The van der Waals surface area contributed by atoms with Gasteiger partial charge in [-0.1, -0.05) is 57.0 Å². The van der Waals surface area contributed by atoms with E-state index in [1.807, 2.05) is 44.2 Å². The number of benzene rings is 2. The van der Waals surface area contributed by atoms with Gasteiger partial charge in [-0.25, -0.2) is 13.2 Å². The maximum absolute atomic E-state index is 14.5. The molecule has 2 amide bonds. The van der Waals surface area contributed by atoms with Gasteiger partial charge in [0.2, 0.25) is 22.7 Å². The van der Waals surface area contributed by atoms with Gasteiger partial charge in [-0.2, -0.15) is 4.31 Å². The number of sulfonamides is 1. The van der Waals surface area contributed by atoms with Crippen LogP contribution in [0.2, 0.25) is 0 Å². The van der Waals surface area contributed by atoms with E-state index in [2.05, 4.69) is 5.32 Å². The number of carboxylic acid groups (broad SMARTS) is 1. The summed E-state index contributed by atoms with van der Waals surface area (Å²) in [4.78, 5) is 26.0. The number of carbonyl (C=O) groups is 2. The van der Waals surface area contributed by atoms with Gasteiger partial charge in [0.15, 0.2) is 17.8 Å². The molecule has 0 spiro atoms. The van der Waals surface area contributed by atoms with Gasteiger partial charge < -0.3 is 39.2 Å². The van der Waals surface area contributed by atoms with Crippen LogP contribution in [0.4, 0.5) is 4.79 Å². The minimum absolute atomic E-state index is 0.00689. The fourth-order valence-electron chi connectivity index (χ4n) is 7.17. The Bertz CT molecular complexity index is 1580. The maximum Gasteiger partial charge on any atom is 0.407 e. The quantitative estimate of drug-likeness (QED) is 0.181. The van der Waals surface area contributed by atoms with Crippen molar-refractivity contribution in [2.75, 3.05) is 53.4 Å². The summed E-state index contributed by atoms with van der Waals surface area (Å²) in [5.74, 6) is 0.367. The van der Waals surface area contributed by atoms with Crippen LogP contribution in [0, 0.1) is 11.3 Å². The second-order valence-electron chi connectivity index (χ2n) is 14.2. The monoisotopic (exact) mass is 733 g/mol. The first-order valence-corrected chi connectivity index (χ1v) is 19.0. The van der Waals surface area contributed by atoms with Crippen molar-refractivity contribution in [3.8, 4) is 11.5 Å². The fourth-order valence-corrected chi connectivity index (χ4v) is 8.83. The summed E-state index contributed by atoms with van der Waals surface area (Å²) in [6.45, 7) is 4.72. The summed E-state index contributed by atoms with van der Waals surface area (Å²) in [5.41, 5.74) is 0.271. The minimum Gasteiger partial charge on any atom is -0.465 e. The molecule has 0 saturated carbocycles. The van der Waals surface area contributed by atoms with E-state index in [1.165, 1.54) is 28.4 Å². The van der Waals surface area contributed by atoms with Crippen LogP contribution in [-0.2, 0) is 35.4 Å². The number of aliphatic hydroxyl groups excluding tert-OH is 1. The molecule has 3 aliphatic rings. The highest BCUT2D eigenvalue weighted by molar-refractivity contribution is 7.89. The van der Waals surface area contributed by atoms with Crippen molar-refractivity contribution in [1.82, 2.24) is 14.5 Å². The Morgan fingerprint density at radius 2 is 1.82 bits per heavy atom. The number of nitrogens with zero attached hydrogens (tertiary/aromatic N) is 2. The molecule has 282 valence electrons. The third kappa shape index (κ3) is 9.90. The lowest BCUT2D eigenvalue weighted by Crippen LogP contribution is -2.58. The van der Waals surface area contributed by atoms with E-state index in [0.717, 1.165) is 24.8 Å². The molecule has 0 radical (unpaired) electrons. The molecule has 0 aliphatic carbocycles. The number of rotatable bonds is 19. The molecule has 2 aromatic carbocycles. The molecule has 15 heteroatoms. The summed E-state index contributed by atoms with van der Waals surface area (Å²) in [6.07, 6.45) is 0.651. The third-order valence-electron chi connectivity index (χ3n) is 9.78. The molecule has 5 rings (SSSR count). The predicted octanol–water partition coefficient (Wildman–Crippen LogP) is 3.47. The number of ether oxygens (including phenoxy) is 5. The lowest BCUT2D eigenvalue weighted by atomic mass is 9.86. The molecule has 5 atom stereocenters. The smallest absolute Gasteiger partial charge is 0.407 e. The topological polar surface area (TPSA) is 173 Å². The Balaban J connectivity index is 1.39. The molecule has 3 aliphatic heterocycles. The minimum atomic E-state index is -4.22. The van der Waals surface area contributed by atoms with Gasteiger partial charge in [-0.3, -0.25) is 9.69 Å². The number of hydrogen-bond donors (Lipinski definition) is 3. The molecule has 2 saturated heterocycles. The first kappa shape index (κ1) is 38.8. The zero-order valence-corrected chi connectivity index (χ0v) is 30.4. The summed E-state index contributed by atoms with van der Waals surface area (Å²) in [6, 6.07) is 12.1. The Kier molecular flexibility index (Phi) is 13.2. The first-order valence-electron chi connectivity index (χ1n) is 17.5. The molecule has 0 aromatic heterocycles. The number of hydrogen-bond acceptors (Lipinski definition) is 10. The molecule has 51 heavy (non-hydrogen) atoms. The van der Waals surface area contributed by atoms with Crippen LogP contribution in [-0.4, -0.2) is 118 Å². The lowest BCUT2D eigenvalue weighted by Gasteiger charge is -2.40. The maximum atomic E-state index is 14.5. The van der Waals surface area contributed by atoms with Gasteiger partial charge in [0.25, 0.3) is 0 Å². The number of fused-ring (bicyclic) bond motifs is 2. The second-order valence-corrected chi connectivity index (χ2v) is 16.1. The number of methoxy groups -OCH3 is 1. The van der Waals surface area contributed by atoms with Crippen LogP contribution in [0.3, 0.4) is 0 Å². The molecular formula is C36H51N3O11S. The van der Waals surface area contributed by atoms with Crippen LogP contribution < -0.4 is 14.8 Å². The normalized spacial score (nSPS) is 21.0. The molecule has 2 fully saturated rings. The summed E-state index contributed by atoms with van der Waals surface area (Å²) < 4.78 is 57.4. The number of unbranched alkanes of at least 4 members (excludes halogenated alkanes) is 2. The molecule has 14 nitrogen and oxygen atoms in total. The van der Waals surface area contributed by atoms with Crippen LogP contribution in [0.5, 0.6) is 11.5 Å². The zero-order chi connectivity index (χ0) is 36.6. The fraction of sp³-hybridized carbons (Fsp3) is 0.611. The molecule has 3 heterocycles. The van der Waals surface area contributed by atoms with Crippen LogP contribution in [0.25, 0.3) is 0 Å². The number of amides is 2. The highest BCUT2D eigenvalue weighted by Gasteiger charge is 2.49. The van der Waals surface area contributed by atoms with Gasteiger partial charge in [-0.15, -0.1) is 0 Å². The van der Waals surface area contributed by atoms with Crippen LogP contribution in [0.15, 0.2) is 53.4 Å². The molecule has 0 unspecified atom stereocenters. The lowest BCUT2D eigenvalue weighted by molar-refractivity contribution is -0.124. The van der Waals surface area contributed by atoms with E-state index in [0.29, 0.717) is 37.5 Å². The van der Waals surface area contributed by atoms with Crippen LogP contribution >= 0.6 is 0 Å². The van der Waals surface area contributed by atoms with Gasteiger partial charge in [0.05, 0.1) is 36.3 Å². The van der Waals surface area contributed by atoms with Crippen LogP contribution in [0.1, 0.15) is 51.5 Å². The molecule has 3 N–H and O–H groups in total. The van der Waals surface area contributed by atoms with Crippen molar-refractivity contribution in [3.63, 3.8) is 0 Å². The van der Waals surface area contributed by atoms with Gasteiger partial charge in [-0.05, 0) is 48.8 Å². The molecule has 2 aromatic rings. The number of carbonyl (C=O) groups excluding carboxylic acids is 1. The molecular weight excluding hydrogens is 682 g/mol. The summed E-state index contributed by atoms with van der Waals surface area (Å²) in [5, 5.41) is 25.6. The number of aliphatic hydroxyl groups is 1. The predicted molar refractivity (Wildman–Crippen MR) is 186 cm³/mol. The van der Waals surface area contributed by atoms with E-state index < -0.39 is 46.0 Å². The Morgan fingerprint density at radius 1 is 1.06 bits per heavy atom. The second kappa shape index (κ2) is 17.4. The SMILES string of the molecule is COCC(=O)NCCCCCC(C)(C)CN(C[C@@H](O)[C@H](Cc1ccccc1)N(C(=O)O)[C@H]1CO[C@H]2OCC[C@H]21)S(=O)(=O)c1ccc2c(c1)OCO2. The van der Waals surface area contributed by atoms with E-state index >= 15 is 0 Å². The standard InChI is InChI=1S/C36H51N3O11S/c1-36(2,15-8-5-9-16-37-33(41)22-46-3)23-38(51(44,45)26-12-13-31-32(19-26)50-24-49-31)20-30(40)28(18-25-10-6-4-7-11-25)39(35(42)43)29-21-48-34-27(29)14-17-47-34/h4,6-7,10-13,19,27-30,34,40H,5,8-9,14-18,20-24H2,1-3H3,(H,37,41)(H,42,43)/t27-,28-,29-,30+,34+/m0/s1. The Labute approximate surface area is 300 Å². The van der Waals surface area contributed by atoms with E-state index in [1.54, 1.807) is 6.07 Å². The van der Waals surface area contributed by atoms with E-state index in [4.69, 9.17) is 23.7 Å². The van der Waals surface area contributed by atoms with Crippen molar-refractivity contribution in [2.45, 2.75) is 81.7 Å². The zero-order valence-electron chi connectivity index (χ0n) is 29.6. The average Bonchev–Trinajstić information content (AvgIpc) is 3.85. The van der Waals surface area contributed by atoms with Crippen molar-refractivity contribution >= 4 is 22.0 Å². The van der Waals surface area contributed by atoms with Crippen molar-refractivity contribution in [1.29, 1.82) is 0 Å².